The zero-order chi connectivity index (χ0) is 11.9. The van der Waals surface area contributed by atoms with Crippen LogP contribution in [0.3, 0.4) is 0 Å². The first-order chi connectivity index (χ1) is 8.92. The van der Waals surface area contributed by atoms with Crippen LogP contribution >= 0.6 is 11.3 Å². The van der Waals surface area contributed by atoms with Crippen LogP contribution in [0.25, 0.3) is 16.3 Å². The first kappa shape index (κ1) is 10.2. The lowest BCUT2D eigenvalue weighted by Gasteiger charge is -2.11. The SMILES string of the molecule is c1cncc(-c2nc3sc4c(n3n2)CCNC4)c1. The molecular weight excluding hydrogens is 246 g/mol. The number of aromatic nitrogens is 4. The molecule has 0 aromatic carbocycles. The second-order valence-corrected chi connectivity index (χ2v) is 5.33. The van der Waals surface area contributed by atoms with E-state index in [0.29, 0.717) is 0 Å². The number of fused-ring (bicyclic) bond motifs is 3. The zero-order valence-corrected chi connectivity index (χ0v) is 10.4. The molecule has 0 unspecified atom stereocenters. The summed E-state index contributed by atoms with van der Waals surface area (Å²) < 4.78 is 1.99. The van der Waals surface area contributed by atoms with Crippen LogP contribution in [-0.2, 0) is 13.0 Å². The van der Waals surface area contributed by atoms with E-state index in [1.807, 2.05) is 16.6 Å². The molecule has 4 heterocycles. The Hall–Kier alpha value is -1.79. The van der Waals surface area contributed by atoms with Gasteiger partial charge in [0.1, 0.15) is 0 Å². The molecule has 0 spiro atoms. The standard InChI is InChI=1S/C12H11N5S/c1-2-8(6-13-4-1)11-15-12-17(16-11)9-3-5-14-7-10(9)18-12/h1-2,4,6,14H,3,5,7H2. The van der Waals surface area contributed by atoms with Crippen molar-refractivity contribution in [3.8, 4) is 11.4 Å². The van der Waals surface area contributed by atoms with Gasteiger partial charge in [0.05, 0.1) is 5.69 Å². The van der Waals surface area contributed by atoms with Crippen LogP contribution in [0.1, 0.15) is 10.6 Å². The van der Waals surface area contributed by atoms with Gasteiger partial charge >= 0.3 is 0 Å². The molecule has 0 amide bonds. The van der Waals surface area contributed by atoms with E-state index in [1.54, 1.807) is 23.7 Å². The number of nitrogens with zero attached hydrogens (tertiary/aromatic N) is 4. The highest BCUT2D eigenvalue weighted by atomic mass is 32.1. The van der Waals surface area contributed by atoms with Crippen molar-refractivity contribution in [1.82, 2.24) is 24.9 Å². The number of thiazole rings is 1. The maximum atomic E-state index is 4.60. The third-order valence-electron chi connectivity index (χ3n) is 3.11. The number of nitrogens with one attached hydrogen (secondary N) is 1. The quantitative estimate of drug-likeness (QED) is 0.717. The van der Waals surface area contributed by atoms with Gasteiger partial charge < -0.3 is 5.32 Å². The van der Waals surface area contributed by atoms with Gasteiger partial charge in [-0.25, -0.2) is 4.52 Å². The Morgan fingerprint density at radius 1 is 1.39 bits per heavy atom. The summed E-state index contributed by atoms with van der Waals surface area (Å²) in [6, 6.07) is 3.89. The van der Waals surface area contributed by atoms with E-state index in [0.717, 1.165) is 35.9 Å². The minimum atomic E-state index is 0.760. The number of hydrogen-bond donors (Lipinski definition) is 1. The maximum absolute atomic E-state index is 4.60. The van der Waals surface area contributed by atoms with E-state index in [9.17, 15) is 0 Å². The van der Waals surface area contributed by atoms with E-state index < -0.39 is 0 Å². The molecule has 1 aliphatic rings. The lowest BCUT2D eigenvalue weighted by molar-refractivity contribution is 0.629. The summed E-state index contributed by atoms with van der Waals surface area (Å²) in [6.45, 7) is 1.95. The molecule has 6 heteroatoms. The van der Waals surface area contributed by atoms with Crippen LogP contribution in [0.15, 0.2) is 24.5 Å². The number of pyridine rings is 1. The summed E-state index contributed by atoms with van der Waals surface area (Å²) in [5, 5.41) is 7.97. The smallest absolute Gasteiger partial charge is 0.213 e. The summed E-state index contributed by atoms with van der Waals surface area (Å²) in [5.74, 6) is 0.760. The number of rotatable bonds is 1. The minimum absolute atomic E-state index is 0.760. The van der Waals surface area contributed by atoms with Gasteiger partial charge in [-0.2, -0.15) is 4.98 Å². The van der Waals surface area contributed by atoms with E-state index in [1.165, 1.54) is 10.6 Å². The first-order valence-electron chi connectivity index (χ1n) is 5.90. The molecule has 0 fully saturated rings. The van der Waals surface area contributed by atoms with Gasteiger partial charge in [-0.3, -0.25) is 4.98 Å². The van der Waals surface area contributed by atoms with Crippen LogP contribution in [0, 0.1) is 0 Å². The van der Waals surface area contributed by atoms with Crippen molar-refractivity contribution in [2.24, 2.45) is 0 Å². The molecule has 0 aliphatic carbocycles. The molecule has 3 aromatic heterocycles. The predicted octanol–water partition coefficient (Wildman–Crippen LogP) is 1.50. The topological polar surface area (TPSA) is 55.1 Å². The van der Waals surface area contributed by atoms with Gasteiger partial charge in [-0.1, -0.05) is 11.3 Å². The molecule has 3 aromatic rings. The zero-order valence-electron chi connectivity index (χ0n) is 9.63. The normalized spacial score (nSPS) is 14.9. The monoisotopic (exact) mass is 257 g/mol. The molecule has 0 saturated carbocycles. The third-order valence-corrected chi connectivity index (χ3v) is 4.19. The van der Waals surface area contributed by atoms with Crippen LogP contribution in [0.2, 0.25) is 0 Å². The Kier molecular flexibility index (Phi) is 2.18. The molecule has 0 saturated heterocycles. The van der Waals surface area contributed by atoms with Gasteiger partial charge in [0.25, 0.3) is 0 Å². The van der Waals surface area contributed by atoms with E-state index >= 15 is 0 Å². The fourth-order valence-electron chi connectivity index (χ4n) is 2.24. The van der Waals surface area contributed by atoms with Crippen molar-refractivity contribution in [2.45, 2.75) is 13.0 Å². The van der Waals surface area contributed by atoms with Gasteiger partial charge in [0, 0.05) is 42.3 Å². The summed E-state index contributed by atoms with van der Waals surface area (Å²) in [7, 11) is 0. The molecule has 0 bridgehead atoms. The van der Waals surface area contributed by atoms with Crippen molar-refractivity contribution in [1.29, 1.82) is 0 Å². The molecule has 18 heavy (non-hydrogen) atoms. The summed E-state index contributed by atoms with van der Waals surface area (Å²) in [4.78, 5) is 11.0. The molecular formula is C12H11N5S. The first-order valence-corrected chi connectivity index (χ1v) is 6.72. The van der Waals surface area contributed by atoms with Crippen LogP contribution in [0.5, 0.6) is 0 Å². The van der Waals surface area contributed by atoms with Crippen molar-refractivity contribution in [2.75, 3.05) is 6.54 Å². The fraction of sp³-hybridized carbons (Fsp3) is 0.250. The van der Waals surface area contributed by atoms with E-state index in [4.69, 9.17) is 0 Å². The minimum Gasteiger partial charge on any atom is -0.311 e. The molecule has 4 rings (SSSR count). The van der Waals surface area contributed by atoms with Crippen LogP contribution < -0.4 is 5.32 Å². The Balaban J connectivity index is 1.88. The lowest BCUT2D eigenvalue weighted by Crippen LogP contribution is -2.23. The Bertz CT molecular complexity index is 700. The Labute approximate surface area is 108 Å². The maximum Gasteiger partial charge on any atom is 0.213 e. The second kappa shape index (κ2) is 3.86. The highest BCUT2D eigenvalue weighted by Crippen LogP contribution is 2.26. The molecule has 5 nitrogen and oxygen atoms in total. The second-order valence-electron chi connectivity index (χ2n) is 4.27. The largest absolute Gasteiger partial charge is 0.311 e. The molecule has 0 atom stereocenters. The molecule has 0 radical (unpaired) electrons. The Morgan fingerprint density at radius 3 is 3.28 bits per heavy atom. The van der Waals surface area contributed by atoms with Crippen molar-refractivity contribution >= 4 is 16.3 Å². The summed E-state index contributed by atoms with van der Waals surface area (Å²) in [5.41, 5.74) is 2.27. The molecule has 1 N–H and O–H groups in total. The Morgan fingerprint density at radius 2 is 2.39 bits per heavy atom. The average Bonchev–Trinajstić information content (AvgIpc) is 2.97. The van der Waals surface area contributed by atoms with E-state index in [2.05, 4.69) is 20.4 Å². The van der Waals surface area contributed by atoms with Gasteiger partial charge in [-0.05, 0) is 12.1 Å². The van der Waals surface area contributed by atoms with Gasteiger partial charge in [-0.15, -0.1) is 5.10 Å². The van der Waals surface area contributed by atoms with Crippen molar-refractivity contribution < 1.29 is 0 Å². The van der Waals surface area contributed by atoms with E-state index in [-0.39, 0.29) is 0 Å². The highest BCUT2D eigenvalue weighted by Gasteiger charge is 2.19. The lowest BCUT2D eigenvalue weighted by atomic mass is 10.2. The summed E-state index contributed by atoms with van der Waals surface area (Å²) in [6.07, 6.45) is 4.58. The van der Waals surface area contributed by atoms with Crippen molar-refractivity contribution in [3.63, 3.8) is 0 Å². The molecule has 1 aliphatic heterocycles. The van der Waals surface area contributed by atoms with Gasteiger partial charge in [0.2, 0.25) is 4.96 Å². The van der Waals surface area contributed by atoms with Gasteiger partial charge in [0.15, 0.2) is 5.82 Å². The molecule has 90 valence electrons. The van der Waals surface area contributed by atoms with Crippen LogP contribution in [-0.4, -0.2) is 26.1 Å². The third kappa shape index (κ3) is 1.46. The highest BCUT2D eigenvalue weighted by molar-refractivity contribution is 7.17. The average molecular weight is 257 g/mol. The predicted molar refractivity (Wildman–Crippen MR) is 69.5 cm³/mol. The summed E-state index contributed by atoms with van der Waals surface area (Å²) >= 11 is 1.72. The van der Waals surface area contributed by atoms with Crippen molar-refractivity contribution in [3.05, 3.63) is 35.1 Å². The fourth-order valence-corrected chi connectivity index (χ4v) is 3.31. The number of hydrogen-bond acceptors (Lipinski definition) is 5. The van der Waals surface area contributed by atoms with Crippen LogP contribution in [0.4, 0.5) is 0 Å².